The van der Waals surface area contributed by atoms with E-state index in [1.165, 1.54) is 11.8 Å². The van der Waals surface area contributed by atoms with Crippen molar-refractivity contribution in [1.82, 2.24) is 15.3 Å². The quantitative estimate of drug-likeness (QED) is 0.431. The molecular weight excluding hydrogens is 400 g/mol. The van der Waals surface area contributed by atoms with Crippen LogP contribution in [0, 0.1) is 19.8 Å². The van der Waals surface area contributed by atoms with Gasteiger partial charge in [0.2, 0.25) is 11.6 Å². The number of benzene rings is 1. The van der Waals surface area contributed by atoms with Crippen molar-refractivity contribution in [2.45, 2.75) is 45.8 Å². The summed E-state index contributed by atoms with van der Waals surface area (Å²) < 4.78 is 5.75. The zero-order chi connectivity index (χ0) is 21.8. The van der Waals surface area contributed by atoms with Crippen molar-refractivity contribution >= 4 is 40.5 Å². The molecular formula is C22H26N4O3S. The van der Waals surface area contributed by atoms with E-state index in [2.05, 4.69) is 34.4 Å². The Morgan fingerprint density at radius 1 is 1.10 bits per heavy atom. The second-order valence-corrected chi connectivity index (χ2v) is 8.47. The normalized spacial score (nSPS) is 12.2. The minimum Gasteiger partial charge on any atom is -0.443 e. The molecule has 0 spiro atoms. The minimum absolute atomic E-state index is 0.0811. The molecule has 2 N–H and O–H groups in total. The maximum Gasteiger partial charge on any atom is 0.256 e. The topological polar surface area (TPSA) is 97.1 Å². The van der Waals surface area contributed by atoms with Gasteiger partial charge in [-0.2, -0.15) is 4.98 Å². The number of carbonyl (C=O) groups excluding carboxylic acids is 2. The zero-order valence-electron chi connectivity index (χ0n) is 17.8. The van der Waals surface area contributed by atoms with Crippen molar-refractivity contribution in [2.75, 3.05) is 11.1 Å². The Labute approximate surface area is 180 Å². The first kappa shape index (κ1) is 21.8. The molecule has 2 heterocycles. The molecule has 3 rings (SSSR count). The monoisotopic (exact) mass is 426 g/mol. The molecule has 7 nitrogen and oxygen atoms in total. The molecule has 1 atom stereocenters. The SMILES string of the molecule is Cc1oc2nc(SCC(=O)NC(C)C(C)C)nc(NC(=O)c3ccccc3)c2c1C. The van der Waals surface area contributed by atoms with Crippen LogP contribution in [0.25, 0.3) is 11.1 Å². The van der Waals surface area contributed by atoms with Gasteiger partial charge in [-0.3, -0.25) is 9.59 Å². The number of hydrogen-bond acceptors (Lipinski definition) is 6. The highest BCUT2D eigenvalue weighted by Crippen LogP contribution is 2.31. The van der Waals surface area contributed by atoms with E-state index < -0.39 is 0 Å². The molecule has 3 aromatic rings. The van der Waals surface area contributed by atoms with Crippen LogP contribution in [0.1, 0.15) is 42.5 Å². The lowest BCUT2D eigenvalue weighted by atomic mass is 10.1. The maximum absolute atomic E-state index is 12.7. The second-order valence-electron chi connectivity index (χ2n) is 7.53. The molecule has 0 saturated carbocycles. The Balaban J connectivity index is 1.84. The molecule has 0 aliphatic carbocycles. The van der Waals surface area contributed by atoms with Crippen molar-refractivity contribution in [3.63, 3.8) is 0 Å². The minimum atomic E-state index is -0.270. The number of rotatable bonds is 7. The molecule has 2 amide bonds. The Morgan fingerprint density at radius 3 is 2.47 bits per heavy atom. The number of nitrogens with one attached hydrogen (secondary N) is 2. The van der Waals surface area contributed by atoms with Crippen molar-refractivity contribution in [3.05, 3.63) is 47.2 Å². The number of anilines is 1. The molecule has 0 bridgehead atoms. The fourth-order valence-corrected chi connectivity index (χ4v) is 3.39. The van der Waals surface area contributed by atoms with Crippen LogP contribution in [0.4, 0.5) is 5.82 Å². The van der Waals surface area contributed by atoms with Gasteiger partial charge in [0.1, 0.15) is 11.6 Å². The number of nitrogens with zero attached hydrogens (tertiary/aromatic N) is 2. The highest BCUT2D eigenvalue weighted by Gasteiger charge is 2.19. The summed E-state index contributed by atoms with van der Waals surface area (Å²) in [5, 5.41) is 6.86. The largest absolute Gasteiger partial charge is 0.443 e. The average Bonchev–Trinajstić information content (AvgIpc) is 3.00. The Bertz CT molecular complexity index is 1060. The summed E-state index contributed by atoms with van der Waals surface area (Å²) in [6.45, 7) is 9.82. The van der Waals surface area contributed by atoms with Gasteiger partial charge in [0, 0.05) is 17.2 Å². The van der Waals surface area contributed by atoms with Crippen molar-refractivity contribution in [3.8, 4) is 0 Å². The summed E-state index contributed by atoms with van der Waals surface area (Å²) >= 11 is 1.20. The van der Waals surface area contributed by atoms with Gasteiger partial charge in [0.25, 0.3) is 5.91 Å². The van der Waals surface area contributed by atoms with Crippen LogP contribution in [0.3, 0.4) is 0 Å². The van der Waals surface area contributed by atoms with E-state index >= 15 is 0 Å². The summed E-state index contributed by atoms with van der Waals surface area (Å²) in [6, 6.07) is 9.00. The Hall–Kier alpha value is -2.87. The third kappa shape index (κ3) is 4.99. The summed E-state index contributed by atoms with van der Waals surface area (Å²) in [7, 11) is 0. The summed E-state index contributed by atoms with van der Waals surface area (Å²) in [4.78, 5) is 33.8. The van der Waals surface area contributed by atoms with E-state index in [9.17, 15) is 9.59 Å². The van der Waals surface area contributed by atoms with Crippen LogP contribution in [0.15, 0.2) is 39.9 Å². The van der Waals surface area contributed by atoms with E-state index in [4.69, 9.17) is 4.42 Å². The van der Waals surface area contributed by atoms with Gasteiger partial charge in [0.05, 0.1) is 11.1 Å². The molecule has 0 aliphatic heterocycles. The zero-order valence-corrected chi connectivity index (χ0v) is 18.6. The number of aromatic nitrogens is 2. The molecule has 1 unspecified atom stereocenters. The van der Waals surface area contributed by atoms with Crippen LogP contribution >= 0.6 is 11.8 Å². The first-order chi connectivity index (χ1) is 14.3. The first-order valence-electron chi connectivity index (χ1n) is 9.82. The lowest BCUT2D eigenvalue weighted by molar-refractivity contribution is -0.119. The summed E-state index contributed by atoms with van der Waals surface area (Å²) in [5.74, 6) is 1.25. The summed E-state index contributed by atoms with van der Waals surface area (Å²) in [5.41, 5.74) is 1.79. The Morgan fingerprint density at radius 2 is 1.80 bits per heavy atom. The summed E-state index contributed by atoms with van der Waals surface area (Å²) in [6.07, 6.45) is 0. The fraction of sp³-hybridized carbons (Fsp3) is 0.364. The molecule has 30 heavy (non-hydrogen) atoms. The number of fused-ring (bicyclic) bond motifs is 1. The van der Waals surface area contributed by atoms with E-state index in [-0.39, 0.29) is 23.6 Å². The van der Waals surface area contributed by atoms with Gasteiger partial charge in [0.15, 0.2) is 5.16 Å². The fourth-order valence-electron chi connectivity index (χ4n) is 2.75. The molecule has 0 fully saturated rings. The van der Waals surface area contributed by atoms with Gasteiger partial charge in [-0.15, -0.1) is 0 Å². The average molecular weight is 427 g/mol. The molecule has 0 aliphatic rings. The molecule has 2 aromatic heterocycles. The van der Waals surface area contributed by atoms with Crippen LogP contribution < -0.4 is 10.6 Å². The molecule has 0 saturated heterocycles. The number of thioether (sulfide) groups is 1. The molecule has 1 aromatic carbocycles. The number of carbonyl (C=O) groups is 2. The van der Waals surface area contributed by atoms with Gasteiger partial charge in [-0.1, -0.05) is 43.8 Å². The van der Waals surface area contributed by atoms with E-state index in [0.717, 1.165) is 5.56 Å². The number of aryl methyl sites for hydroxylation is 2. The van der Waals surface area contributed by atoms with Crippen molar-refractivity contribution < 1.29 is 14.0 Å². The van der Waals surface area contributed by atoms with Gasteiger partial charge in [-0.05, 0) is 38.8 Å². The third-order valence-electron chi connectivity index (χ3n) is 5.00. The highest BCUT2D eigenvalue weighted by molar-refractivity contribution is 7.99. The lowest BCUT2D eigenvalue weighted by Crippen LogP contribution is -2.37. The van der Waals surface area contributed by atoms with Gasteiger partial charge in [-0.25, -0.2) is 4.98 Å². The van der Waals surface area contributed by atoms with Crippen molar-refractivity contribution in [1.29, 1.82) is 0 Å². The lowest BCUT2D eigenvalue weighted by Gasteiger charge is -2.17. The van der Waals surface area contributed by atoms with E-state index in [0.29, 0.717) is 39.3 Å². The van der Waals surface area contributed by atoms with Crippen LogP contribution in [0.5, 0.6) is 0 Å². The van der Waals surface area contributed by atoms with Crippen LogP contribution in [-0.2, 0) is 4.79 Å². The third-order valence-corrected chi connectivity index (χ3v) is 5.84. The predicted octanol–water partition coefficient (Wildman–Crippen LogP) is 4.34. The van der Waals surface area contributed by atoms with Crippen LogP contribution in [-0.4, -0.2) is 33.6 Å². The molecule has 8 heteroatoms. The van der Waals surface area contributed by atoms with Crippen molar-refractivity contribution in [2.24, 2.45) is 5.92 Å². The molecule has 158 valence electrons. The maximum atomic E-state index is 12.7. The Kier molecular flexibility index (Phi) is 6.77. The first-order valence-corrected chi connectivity index (χ1v) is 10.8. The number of amides is 2. The molecule has 0 radical (unpaired) electrons. The van der Waals surface area contributed by atoms with Gasteiger partial charge >= 0.3 is 0 Å². The number of furan rings is 1. The number of hydrogen-bond donors (Lipinski definition) is 2. The standard InChI is InChI=1S/C22H26N4O3S/c1-12(2)14(4)23-17(27)11-30-22-25-19(18-13(3)15(5)29-21(18)26-22)24-20(28)16-9-7-6-8-10-16/h6-10,12,14H,11H2,1-5H3,(H,23,27)(H,24,25,26,28). The highest BCUT2D eigenvalue weighted by atomic mass is 32.2. The van der Waals surface area contributed by atoms with E-state index in [1.54, 1.807) is 24.3 Å². The van der Waals surface area contributed by atoms with E-state index in [1.807, 2.05) is 26.8 Å². The predicted molar refractivity (Wildman–Crippen MR) is 119 cm³/mol. The second kappa shape index (κ2) is 9.30. The van der Waals surface area contributed by atoms with Gasteiger partial charge < -0.3 is 15.1 Å². The smallest absolute Gasteiger partial charge is 0.256 e. The van der Waals surface area contributed by atoms with Crippen LogP contribution in [0.2, 0.25) is 0 Å².